The summed E-state index contributed by atoms with van der Waals surface area (Å²) in [5.74, 6) is 4.15. The number of benzene rings is 1. The predicted octanol–water partition coefficient (Wildman–Crippen LogP) is 9.80. The molecule has 0 radical (unpaired) electrons. The summed E-state index contributed by atoms with van der Waals surface area (Å²) in [6.45, 7) is 21.7. The fraction of sp³-hybridized carbons (Fsp3) is 0.500. The van der Waals surface area contributed by atoms with Gasteiger partial charge in [0.1, 0.15) is 11.5 Å². The molecule has 0 atom stereocenters. The number of nitrogens with zero attached hydrogens (tertiary/aromatic N) is 1. The van der Waals surface area contributed by atoms with Gasteiger partial charge >= 0.3 is 0 Å². The molecular formula is C32H51NO4S. The molecule has 38 heavy (non-hydrogen) atoms. The molecule has 2 aromatic rings. The molecule has 1 aromatic heterocycles. The second-order valence-corrected chi connectivity index (χ2v) is 9.07. The second kappa shape index (κ2) is 23.4. The van der Waals surface area contributed by atoms with Crippen LogP contribution >= 0.6 is 11.8 Å². The van der Waals surface area contributed by atoms with Crippen molar-refractivity contribution in [3.05, 3.63) is 65.1 Å². The number of ether oxygens (including phenoxy) is 2. The summed E-state index contributed by atoms with van der Waals surface area (Å²) in [4.78, 5) is 14.1. The number of Topliss-reactive ketones (excluding diaryl/α,β-unsaturated/α-hetero) is 1. The normalized spacial score (nSPS) is 11.7. The van der Waals surface area contributed by atoms with Crippen LogP contribution < -0.4 is 9.47 Å². The molecule has 3 rings (SSSR count). The van der Waals surface area contributed by atoms with Crippen LogP contribution in [0.3, 0.4) is 0 Å². The van der Waals surface area contributed by atoms with E-state index in [1.807, 2.05) is 64.6 Å². The van der Waals surface area contributed by atoms with Gasteiger partial charge in [0.15, 0.2) is 11.5 Å². The summed E-state index contributed by atoms with van der Waals surface area (Å²) < 4.78 is 16.7. The van der Waals surface area contributed by atoms with Crippen molar-refractivity contribution in [2.45, 2.75) is 89.0 Å². The third kappa shape index (κ3) is 16.2. The SMILES string of the molecule is CC.CC.CC(C)=O.CCC.CSC/C=C/C(C)=C/C=C(\C)Cc1nc(-c2ccc3c(c2)OCO3)oc1C. The van der Waals surface area contributed by atoms with Crippen molar-refractivity contribution in [3.63, 3.8) is 0 Å². The first kappa shape index (κ1) is 37.4. The molecule has 0 unspecified atom stereocenters. The Labute approximate surface area is 236 Å². The van der Waals surface area contributed by atoms with Crippen LogP contribution in [0.5, 0.6) is 11.5 Å². The van der Waals surface area contributed by atoms with Crippen LogP contribution in [0.15, 0.2) is 58.1 Å². The number of aryl methyl sites for hydroxylation is 1. The number of carbonyl (C=O) groups excluding carboxylic acids is 1. The number of carbonyl (C=O) groups is 1. The van der Waals surface area contributed by atoms with Crippen LogP contribution in [0.25, 0.3) is 11.5 Å². The zero-order valence-corrected chi connectivity index (χ0v) is 26.7. The smallest absolute Gasteiger partial charge is 0.231 e. The molecule has 0 saturated heterocycles. The van der Waals surface area contributed by atoms with Crippen molar-refractivity contribution < 1.29 is 18.7 Å². The summed E-state index contributed by atoms with van der Waals surface area (Å²) in [6.07, 6.45) is 12.7. The molecule has 0 aliphatic carbocycles. The van der Waals surface area contributed by atoms with Crippen LogP contribution in [0.4, 0.5) is 0 Å². The topological polar surface area (TPSA) is 61.6 Å². The standard InChI is InChI=1S/C22H25NO3S.C3H6O.C3H8.2C2H6/c1-15(6-5-11-27-4)7-8-16(2)12-19-17(3)26-22(23-19)18-9-10-20-21(13-18)25-14-24-20;1-3(2)4;1-3-2;2*1-2/h5-10,13H,11-12,14H2,1-4H3;1-2H3;3H2,1-2H3;2*1-2H3/b6-5+,15-7+,16-8+;;;;. The molecule has 5 nitrogen and oxygen atoms in total. The van der Waals surface area contributed by atoms with Crippen molar-refractivity contribution in [2.24, 2.45) is 0 Å². The second-order valence-electron chi connectivity index (χ2n) is 8.16. The summed E-state index contributed by atoms with van der Waals surface area (Å²) in [5, 5.41) is 0. The maximum atomic E-state index is 9.44. The first-order chi connectivity index (χ1) is 18.2. The predicted molar refractivity (Wildman–Crippen MR) is 167 cm³/mol. The Kier molecular flexibility index (Phi) is 23.0. The number of thioether (sulfide) groups is 1. The molecule has 0 spiro atoms. The van der Waals surface area contributed by atoms with Gasteiger partial charge < -0.3 is 18.7 Å². The van der Waals surface area contributed by atoms with E-state index in [2.05, 4.69) is 58.3 Å². The van der Waals surface area contributed by atoms with E-state index in [-0.39, 0.29) is 12.6 Å². The highest BCUT2D eigenvalue weighted by Gasteiger charge is 2.17. The summed E-state index contributed by atoms with van der Waals surface area (Å²) in [5.41, 5.74) is 4.33. The molecule has 1 aliphatic heterocycles. The first-order valence-corrected chi connectivity index (χ1v) is 14.9. The highest BCUT2D eigenvalue weighted by Crippen LogP contribution is 2.36. The largest absolute Gasteiger partial charge is 0.454 e. The minimum Gasteiger partial charge on any atom is -0.454 e. The Bertz CT molecular complexity index is 999. The van der Waals surface area contributed by atoms with Crippen molar-refractivity contribution in [1.82, 2.24) is 4.98 Å². The highest BCUT2D eigenvalue weighted by atomic mass is 32.2. The molecule has 0 bridgehead atoms. The number of hydrogen-bond donors (Lipinski definition) is 0. The van der Waals surface area contributed by atoms with Gasteiger partial charge in [0, 0.05) is 17.7 Å². The number of oxazole rings is 1. The van der Waals surface area contributed by atoms with Crippen LogP contribution in [-0.4, -0.2) is 29.6 Å². The highest BCUT2D eigenvalue weighted by molar-refractivity contribution is 7.98. The molecule has 0 amide bonds. The number of aromatic nitrogens is 1. The lowest BCUT2D eigenvalue weighted by molar-refractivity contribution is -0.115. The third-order valence-corrected chi connectivity index (χ3v) is 4.76. The Morgan fingerprint density at radius 3 is 2.16 bits per heavy atom. The number of rotatable bonds is 7. The number of allylic oxidation sites excluding steroid dienone is 5. The number of fused-ring (bicyclic) bond motifs is 1. The monoisotopic (exact) mass is 545 g/mol. The molecule has 1 aliphatic rings. The minimum atomic E-state index is 0.167. The average Bonchev–Trinajstić information content (AvgIpc) is 3.51. The van der Waals surface area contributed by atoms with Gasteiger partial charge in [0.25, 0.3) is 0 Å². The Hall–Kier alpha value is -2.73. The van der Waals surface area contributed by atoms with E-state index in [1.54, 1.807) is 0 Å². The van der Waals surface area contributed by atoms with Gasteiger partial charge in [-0.05, 0) is 59.1 Å². The van der Waals surface area contributed by atoms with Gasteiger partial charge in [-0.25, -0.2) is 4.98 Å². The van der Waals surface area contributed by atoms with E-state index in [9.17, 15) is 4.79 Å². The van der Waals surface area contributed by atoms with Gasteiger partial charge in [-0.3, -0.25) is 0 Å². The lowest BCUT2D eigenvalue weighted by atomic mass is 10.1. The Morgan fingerprint density at radius 2 is 1.58 bits per heavy atom. The molecule has 2 heterocycles. The van der Waals surface area contributed by atoms with Crippen LogP contribution in [-0.2, 0) is 11.2 Å². The first-order valence-electron chi connectivity index (χ1n) is 13.5. The number of ketones is 1. The summed E-state index contributed by atoms with van der Waals surface area (Å²) >= 11 is 1.82. The third-order valence-electron chi connectivity index (χ3n) is 4.23. The van der Waals surface area contributed by atoms with Crippen LogP contribution in [0.1, 0.15) is 87.1 Å². The fourth-order valence-corrected chi connectivity index (χ4v) is 3.02. The van der Waals surface area contributed by atoms with Crippen molar-refractivity contribution >= 4 is 17.5 Å². The van der Waals surface area contributed by atoms with Crippen molar-refractivity contribution in [2.75, 3.05) is 18.8 Å². The zero-order valence-electron chi connectivity index (χ0n) is 25.9. The zero-order chi connectivity index (χ0) is 29.5. The molecule has 214 valence electrons. The molecule has 0 saturated carbocycles. The lowest BCUT2D eigenvalue weighted by Gasteiger charge is -1.98. The van der Waals surface area contributed by atoms with Gasteiger partial charge in [-0.2, -0.15) is 11.8 Å². The molecule has 1 aromatic carbocycles. The Balaban J connectivity index is 0. The molecule has 0 N–H and O–H groups in total. The van der Waals surface area contributed by atoms with E-state index in [1.165, 1.54) is 31.4 Å². The summed E-state index contributed by atoms with van der Waals surface area (Å²) in [6, 6.07) is 5.74. The average molecular weight is 546 g/mol. The van der Waals surface area contributed by atoms with E-state index in [0.717, 1.165) is 40.7 Å². The van der Waals surface area contributed by atoms with E-state index in [0.29, 0.717) is 5.89 Å². The molecule has 0 fully saturated rings. The maximum absolute atomic E-state index is 9.44. The quantitative estimate of drug-likeness (QED) is 0.323. The van der Waals surface area contributed by atoms with Gasteiger partial charge in [0.2, 0.25) is 12.7 Å². The van der Waals surface area contributed by atoms with E-state index < -0.39 is 0 Å². The Morgan fingerprint density at radius 1 is 1.00 bits per heavy atom. The maximum Gasteiger partial charge on any atom is 0.231 e. The van der Waals surface area contributed by atoms with Crippen LogP contribution in [0, 0.1) is 6.92 Å². The van der Waals surface area contributed by atoms with Gasteiger partial charge in [-0.1, -0.05) is 83.4 Å². The van der Waals surface area contributed by atoms with Crippen molar-refractivity contribution in [3.8, 4) is 23.0 Å². The number of hydrogen-bond acceptors (Lipinski definition) is 6. The minimum absolute atomic E-state index is 0.167. The van der Waals surface area contributed by atoms with Gasteiger partial charge in [-0.15, -0.1) is 0 Å². The summed E-state index contributed by atoms with van der Waals surface area (Å²) in [7, 11) is 0. The van der Waals surface area contributed by atoms with E-state index in [4.69, 9.17) is 18.9 Å². The van der Waals surface area contributed by atoms with E-state index >= 15 is 0 Å². The molecule has 6 heteroatoms. The van der Waals surface area contributed by atoms with Crippen molar-refractivity contribution in [1.29, 1.82) is 0 Å². The van der Waals surface area contributed by atoms with Crippen LogP contribution in [0.2, 0.25) is 0 Å². The molecular weight excluding hydrogens is 494 g/mol. The lowest BCUT2D eigenvalue weighted by Crippen LogP contribution is -1.92. The fourth-order valence-electron chi connectivity index (χ4n) is 2.73. The van der Waals surface area contributed by atoms with Gasteiger partial charge in [0.05, 0.1) is 5.69 Å².